The van der Waals surface area contributed by atoms with Gasteiger partial charge in [0.05, 0.1) is 6.33 Å². The molecule has 1 aromatic heterocycles. The van der Waals surface area contributed by atoms with E-state index in [1.165, 1.54) is 12.0 Å². The van der Waals surface area contributed by atoms with Gasteiger partial charge in [-0.1, -0.05) is 37.3 Å². The molecule has 2 atom stereocenters. The number of benzene rings is 1. The number of rotatable bonds is 6. The van der Waals surface area contributed by atoms with Gasteiger partial charge in [0, 0.05) is 37.9 Å². The summed E-state index contributed by atoms with van der Waals surface area (Å²) in [7, 11) is 0. The molecule has 2 unspecified atom stereocenters. The number of aromatic nitrogens is 2. The van der Waals surface area contributed by atoms with Crippen LogP contribution in [0.25, 0.3) is 0 Å². The van der Waals surface area contributed by atoms with Crippen LogP contribution < -0.4 is 0 Å². The Bertz CT molecular complexity index is 624. The summed E-state index contributed by atoms with van der Waals surface area (Å²) >= 11 is 0. The van der Waals surface area contributed by atoms with Gasteiger partial charge < -0.3 is 9.47 Å². The molecule has 0 radical (unpaired) electrons. The smallest absolute Gasteiger partial charge is 0.223 e. The van der Waals surface area contributed by atoms with E-state index in [9.17, 15) is 4.79 Å². The number of likely N-dealkylation sites (tertiary alicyclic amines) is 1. The molecule has 1 aliphatic heterocycles. The predicted octanol–water partition coefficient (Wildman–Crippen LogP) is 3.85. The minimum Gasteiger partial charge on any atom is -0.340 e. The lowest BCUT2D eigenvalue weighted by Crippen LogP contribution is -2.44. The second-order valence-electron chi connectivity index (χ2n) is 6.84. The van der Waals surface area contributed by atoms with Crippen molar-refractivity contribution in [2.24, 2.45) is 0 Å². The molecule has 4 heteroatoms. The number of nitrogens with zero attached hydrogens (tertiary/aromatic N) is 3. The Labute approximate surface area is 144 Å². The molecule has 1 fully saturated rings. The van der Waals surface area contributed by atoms with E-state index in [0.717, 1.165) is 32.4 Å². The van der Waals surface area contributed by atoms with Crippen molar-refractivity contribution < 1.29 is 4.79 Å². The van der Waals surface area contributed by atoms with Gasteiger partial charge in [0.25, 0.3) is 0 Å². The molecule has 0 N–H and O–H groups in total. The van der Waals surface area contributed by atoms with Crippen LogP contribution in [0.15, 0.2) is 49.1 Å². The molecule has 0 saturated carbocycles. The fourth-order valence-corrected chi connectivity index (χ4v) is 3.62. The zero-order chi connectivity index (χ0) is 16.8. The zero-order valence-corrected chi connectivity index (χ0v) is 14.5. The molecule has 1 aromatic carbocycles. The first-order valence-electron chi connectivity index (χ1n) is 9.04. The number of carbonyl (C=O) groups excluding carboxylic acids is 1. The largest absolute Gasteiger partial charge is 0.340 e. The van der Waals surface area contributed by atoms with Gasteiger partial charge in [-0.05, 0) is 37.2 Å². The van der Waals surface area contributed by atoms with Gasteiger partial charge in [-0.2, -0.15) is 0 Å². The average Bonchev–Trinajstić information content (AvgIpc) is 3.14. The van der Waals surface area contributed by atoms with Crippen LogP contribution in [-0.2, 0) is 11.3 Å². The predicted molar refractivity (Wildman–Crippen MR) is 95.7 cm³/mol. The van der Waals surface area contributed by atoms with Crippen molar-refractivity contribution in [3.05, 3.63) is 54.6 Å². The number of hydrogen-bond acceptors (Lipinski definition) is 2. The highest BCUT2D eigenvalue weighted by atomic mass is 16.2. The molecule has 1 aliphatic rings. The van der Waals surface area contributed by atoms with Gasteiger partial charge in [-0.3, -0.25) is 4.79 Å². The molecule has 0 spiro atoms. The molecule has 3 rings (SSSR count). The van der Waals surface area contributed by atoms with Crippen molar-refractivity contribution in [3.63, 3.8) is 0 Å². The van der Waals surface area contributed by atoms with Crippen LogP contribution in [0.1, 0.15) is 50.5 Å². The van der Waals surface area contributed by atoms with E-state index in [4.69, 9.17) is 0 Å². The molecule has 0 bridgehead atoms. The van der Waals surface area contributed by atoms with E-state index >= 15 is 0 Å². The van der Waals surface area contributed by atoms with Crippen LogP contribution in [0.4, 0.5) is 0 Å². The molecule has 1 saturated heterocycles. The van der Waals surface area contributed by atoms with E-state index in [1.807, 2.05) is 36.9 Å². The highest BCUT2D eigenvalue weighted by Gasteiger charge is 2.27. The van der Waals surface area contributed by atoms with Crippen LogP contribution in [-0.4, -0.2) is 32.9 Å². The summed E-state index contributed by atoms with van der Waals surface area (Å²) in [4.78, 5) is 19.1. The van der Waals surface area contributed by atoms with Gasteiger partial charge in [0.1, 0.15) is 0 Å². The standard InChI is InChI=1S/C20H27N3O/c1-17(18-7-3-2-4-8-18)15-20(24)23-12-6-5-9-19(23)10-13-22-14-11-21-16-22/h2-4,7-8,11,14,16-17,19H,5-6,9-10,12-13,15H2,1H3. The van der Waals surface area contributed by atoms with Gasteiger partial charge in [-0.25, -0.2) is 4.98 Å². The summed E-state index contributed by atoms with van der Waals surface area (Å²) in [5, 5.41) is 0. The van der Waals surface area contributed by atoms with E-state index in [0.29, 0.717) is 18.4 Å². The zero-order valence-electron chi connectivity index (χ0n) is 14.5. The first-order chi connectivity index (χ1) is 11.7. The molecule has 4 nitrogen and oxygen atoms in total. The molecule has 2 aromatic rings. The number of imidazole rings is 1. The normalized spacial score (nSPS) is 19.2. The van der Waals surface area contributed by atoms with Crippen molar-refractivity contribution in [2.45, 2.75) is 57.5 Å². The molecule has 128 valence electrons. The summed E-state index contributed by atoms with van der Waals surface area (Å²) in [6.07, 6.45) is 10.8. The lowest BCUT2D eigenvalue weighted by atomic mass is 9.94. The van der Waals surface area contributed by atoms with E-state index in [-0.39, 0.29) is 5.92 Å². The van der Waals surface area contributed by atoms with Crippen LogP contribution in [0, 0.1) is 0 Å². The quantitative estimate of drug-likeness (QED) is 0.809. The van der Waals surface area contributed by atoms with Gasteiger partial charge >= 0.3 is 0 Å². The monoisotopic (exact) mass is 325 g/mol. The van der Waals surface area contributed by atoms with Gasteiger partial charge in [0.15, 0.2) is 0 Å². The van der Waals surface area contributed by atoms with Crippen molar-refractivity contribution in [1.29, 1.82) is 0 Å². The molecule has 24 heavy (non-hydrogen) atoms. The first kappa shape index (κ1) is 16.7. The Morgan fingerprint density at radius 1 is 1.29 bits per heavy atom. The minimum atomic E-state index is 0.273. The van der Waals surface area contributed by atoms with Crippen LogP contribution in [0.3, 0.4) is 0 Å². The van der Waals surface area contributed by atoms with Crippen molar-refractivity contribution in [2.75, 3.05) is 6.54 Å². The van der Waals surface area contributed by atoms with E-state index in [1.54, 1.807) is 0 Å². The third-order valence-corrected chi connectivity index (χ3v) is 5.08. The second kappa shape index (κ2) is 8.13. The average molecular weight is 325 g/mol. The maximum absolute atomic E-state index is 12.9. The number of hydrogen-bond donors (Lipinski definition) is 0. The van der Waals surface area contributed by atoms with E-state index < -0.39 is 0 Å². The third kappa shape index (κ3) is 4.25. The summed E-state index contributed by atoms with van der Waals surface area (Å²) in [5.74, 6) is 0.580. The molecular weight excluding hydrogens is 298 g/mol. The number of carbonyl (C=O) groups is 1. The van der Waals surface area contributed by atoms with Crippen LogP contribution in [0.2, 0.25) is 0 Å². The minimum absolute atomic E-state index is 0.273. The van der Waals surface area contributed by atoms with Crippen molar-refractivity contribution >= 4 is 5.91 Å². The third-order valence-electron chi connectivity index (χ3n) is 5.08. The lowest BCUT2D eigenvalue weighted by molar-refractivity contribution is -0.135. The summed E-state index contributed by atoms with van der Waals surface area (Å²) < 4.78 is 2.10. The van der Waals surface area contributed by atoms with Gasteiger partial charge in [-0.15, -0.1) is 0 Å². The van der Waals surface area contributed by atoms with Crippen LogP contribution >= 0.6 is 0 Å². The number of amides is 1. The Morgan fingerprint density at radius 2 is 2.12 bits per heavy atom. The maximum atomic E-state index is 12.9. The molecule has 2 heterocycles. The molecule has 1 amide bonds. The summed E-state index contributed by atoms with van der Waals surface area (Å²) in [6, 6.07) is 10.7. The Morgan fingerprint density at radius 3 is 2.88 bits per heavy atom. The fourth-order valence-electron chi connectivity index (χ4n) is 3.62. The highest BCUT2D eigenvalue weighted by molar-refractivity contribution is 5.77. The molecule has 0 aliphatic carbocycles. The van der Waals surface area contributed by atoms with Crippen LogP contribution in [0.5, 0.6) is 0 Å². The number of piperidine rings is 1. The Kier molecular flexibility index (Phi) is 5.68. The Balaban J connectivity index is 1.58. The van der Waals surface area contributed by atoms with Crippen molar-refractivity contribution in [3.8, 4) is 0 Å². The topological polar surface area (TPSA) is 38.1 Å². The SMILES string of the molecule is CC(CC(=O)N1CCCCC1CCn1ccnc1)c1ccccc1. The van der Waals surface area contributed by atoms with Gasteiger partial charge in [0.2, 0.25) is 5.91 Å². The first-order valence-corrected chi connectivity index (χ1v) is 9.04. The second-order valence-corrected chi connectivity index (χ2v) is 6.84. The maximum Gasteiger partial charge on any atom is 0.223 e. The lowest BCUT2D eigenvalue weighted by Gasteiger charge is -2.36. The number of aryl methyl sites for hydroxylation is 1. The fraction of sp³-hybridized carbons (Fsp3) is 0.500. The Hall–Kier alpha value is -2.10. The molecular formula is C20H27N3O. The summed E-state index contributed by atoms with van der Waals surface area (Å²) in [5.41, 5.74) is 1.25. The highest BCUT2D eigenvalue weighted by Crippen LogP contribution is 2.25. The summed E-state index contributed by atoms with van der Waals surface area (Å²) in [6.45, 7) is 4.00. The van der Waals surface area contributed by atoms with E-state index in [2.05, 4.69) is 33.5 Å². The van der Waals surface area contributed by atoms with Crippen molar-refractivity contribution in [1.82, 2.24) is 14.5 Å².